The second-order valence-electron chi connectivity index (χ2n) is 8.01. The van der Waals surface area contributed by atoms with Crippen LogP contribution in [0.4, 0.5) is 0 Å². The van der Waals surface area contributed by atoms with Crippen molar-refractivity contribution in [3.63, 3.8) is 0 Å². The minimum Gasteiger partial charge on any atom is -0.497 e. The second-order valence-corrected chi connectivity index (χ2v) is 9.99. The second kappa shape index (κ2) is 10.8. The zero-order chi connectivity index (χ0) is 22.3. The van der Waals surface area contributed by atoms with Crippen LogP contribution < -0.4 is 10.1 Å². The first-order valence-corrected chi connectivity index (χ1v) is 12.7. The summed E-state index contributed by atoms with van der Waals surface area (Å²) in [5.74, 6) is 0.464. The minimum absolute atomic E-state index is 0.122. The van der Waals surface area contributed by atoms with Crippen molar-refractivity contribution in [3.05, 3.63) is 74.6 Å². The monoisotopic (exact) mass is 468 g/mol. The van der Waals surface area contributed by atoms with Crippen LogP contribution in [0.15, 0.2) is 59.3 Å². The number of carbonyl (C=O) groups excluding carboxylic acids is 2. The molecule has 1 atom stereocenters. The molecule has 1 aliphatic rings. The van der Waals surface area contributed by atoms with Gasteiger partial charge in [0, 0.05) is 10.9 Å². The maximum absolute atomic E-state index is 13.7. The first kappa shape index (κ1) is 22.6. The van der Waals surface area contributed by atoms with E-state index >= 15 is 0 Å². The van der Waals surface area contributed by atoms with Crippen LogP contribution in [0.1, 0.15) is 58.3 Å². The molecule has 1 aromatic carbocycles. The normalized spacial score (nSPS) is 15.2. The highest BCUT2D eigenvalue weighted by molar-refractivity contribution is 7.12. The predicted molar refractivity (Wildman–Crippen MR) is 129 cm³/mol. The number of thiophene rings is 2. The standard InChI is InChI=1S/C25H28N2O3S2/c1-30-20-13-11-18(12-14-20)23(24(28)26-19-7-3-2-4-8-19)27(17-21-9-5-15-31-21)25(29)22-10-6-16-32-22/h5-6,9-16,19,23H,2-4,7-8,17H2,1H3,(H,26,28)/t23-/m1/s1. The Morgan fingerprint density at radius 2 is 1.75 bits per heavy atom. The van der Waals surface area contributed by atoms with E-state index in [9.17, 15) is 9.59 Å². The molecule has 5 nitrogen and oxygen atoms in total. The van der Waals surface area contributed by atoms with Crippen LogP contribution in [-0.2, 0) is 11.3 Å². The lowest BCUT2D eigenvalue weighted by molar-refractivity contribution is -0.127. The molecule has 168 valence electrons. The number of hydrogen-bond acceptors (Lipinski definition) is 5. The van der Waals surface area contributed by atoms with Crippen molar-refractivity contribution in [1.29, 1.82) is 0 Å². The van der Waals surface area contributed by atoms with Gasteiger partial charge in [-0.05, 0) is 53.4 Å². The number of methoxy groups -OCH3 is 1. The fourth-order valence-electron chi connectivity index (χ4n) is 4.18. The van der Waals surface area contributed by atoms with Gasteiger partial charge >= 0.3 is 0 Å². The lowest BCUT2D eigenvalue weighted by atomic mass is 9.94. The summed E-state index contributed by atoms with van der Waals surface area (Å²) in [5, 5.41) is 7.13. The molecule has 1 N–H and O–H groups in total. The Balaban J connectivity index is 1.70. The molecule has 1 fully saturated rings. The van der Waals surface area contributed by atoms with Gasteiger partial charge < -0.3 is 15.0 Å². The number of rotatable bonds is 8. The molecule has 7 heteroatoms. The molecule has 0 aliphatic heterocycles. The number of carbonyl (C=O) groups is 2. The molecule has 0 spiro atoms. The average molecular weight is 469 g/mol. The van der Waals surface area contributed by atoms with Crippen LogP contribution in [0.2, 0.25) is 0 Å². The van der Waals surface area contributed by atoms with Crippen LogP contribution in [0, 0.1) is 0 Å². The van der Waals surface area contributed by atoms with Gasteiger partial charge in [-0.15, -0.1) is 22.7 Å². The van der Waals surface area contributed by atoms with E-state index in [4.69, 9.17) is 4.74 Å². The van der Waals surface area contributed by atoms with Crippen molar-refractivity contribution in [2.45, 2.75) is 50.7 Å². The predicted octanol–water partition coefficient (Wildman–Crippen LogP) is 5.65. The van der Waals surface area contributed by atoms with Gasteiger partial charge in [-0.2, -0.15) is 0 Å². The summed E-state index contributed by atoms with van der Waals surface area (Å²) in [4.78, 5) is 30.7. The van der Waals surface area contributed by atoms with Gasteiger partial charge in [-0.3, -0.25) is 9.59 Å². The summed E-state index contributed by atoms with van der Waals surface area (Å²) in [6, 6.07) is 14.5. The van der Waals surface area contributed by atoms with Crippen LogP contribution in [0.25, 0.3) is 0 Å². The maximum atomic E-state index is 13.7. The van der Waals surface area contributed by atoms with Crippen molar-refractivity contribution in [2.24, 2.45) is 0 Å². The van der Waals surface area contributed by atoms with Crippen molar-refractivity contribution in [2.75, 3.05) is 7.11 Å². The number of nitrogens with one attached hydrogen (secondary N) is 1. The Bertz CT molecular complexity index is 995. The van der Waals surface area contributed by atoms with Crippen molar-refractivity contribution in [3.8, 4) is 5.75 Å². The largest absolute Gasteiger partial charge is 0.497 e. The van der Waals surface area contributed by atoms with Gasteiger partial charge in [0.15, 0.2) is 0 Å². The lowest BCUT2D eigenvalue weighted by Gasteiger charge is -2.33. The molecule has 2 heterocycles. The molecule has 2 aromatic heterocycles. The highest BCUT2D eigenvalue weighted by Crippen LogP contribution is 2.30. The lowest BCUT2D eigenvalue weighted by Crippen LogP contribution is -2.46. The average Bonchev–Trinajstić information content (AvgIpc) is 3.54. The highest BCUT2D eigenvalue weighted by Gasteiger charge is 2.34. The summed E-state index contributed by atoms with van der Waals surface area (Å²) < 4.78 is 5.31. The Hall–Kier alpha value is -2.64. The van der Waals surface area contributed by atoms with E-state index in [-0.39, 0.29) is 17.9 Å². The number of hydrogen-bond donors (Lipinski definition) is 1. The Morgan fingerprint density at radius 3 is 2.38 bits per heavy atom. The van der Waals surface area contributed by atoms with E-state index in [1.54, 1.807) is 23.3 Å². The molecular weight excluding hydrogens is 440 g/mol. The summed E-state index contributed by atoms with van der Waals surface area (Å²) in [6.45, 7) is 0.378. The molecular formula is C25H28N2O3S2. The summed E-state index contributed by atoms with van der Waals surface area (Å²) in [5.41, 5.74) is 0.778. The molecule has 2 amide bonds. The summed E-state index contributed by atoms with van der Waals surface area (Å²) in [6.07, 6.45) is 5.46. The first-order chi connectivity index (χ1) is 15.7. The van der Waals surface area contributed by atoms with Crippen molar-refractivity contribution < 1.29 is 14.3 Å². The summed E-state index contributed by atoms with van der Waals surface area (Å²) >= 11 is 2.99. The molecule has 4 rings (SSSR count). The fourth-order valence-corrected chi connectivity index (χ4v) is 5.56. The van der Waals surface area contributed by atoms with E-state index in [1.165, 1.54) is 17.8 Å². The van der Waals surface area contributed by atoms with E-state index in [2.05, 4.69) is 5.32 Å². The van der Waals surface area contributed by atoms with E-state index in [0.29, 0.717) is 11.4 Å². The Labute approximate surface area is 197 Å². The third kappa shape index (κ3) is 5.40. The van der Waals surface area contributed by atoms with Crippen LogP contribution in [0.5, 0.6) is 5.75 Å². The van der Waals surface area contributed by atoms with Crippen LogP contribution >= 0.6 is 22.7 Å². The van der Waals surface area contributed by atoms with E-state index < -0.39 is 6.04 Å². The molecule has 0 bridgehead atoms. The van der Waals surface area contributed by atoms with Crippen LogP contribution in [-0.4, -0.2) is 29.9 Å². The molecule has 32 heavy (non-hydrogen) atoms. The third-order valence-electron chi connectivity index (χ3n) is 5.84. The molecule has 0 unspecified atom stereocenters. The molecule has 3 aromatic rings. The SMILES string of the molecule is COc1ccc([C@H](C(=O)NC2CCCCC2)N(Cc2cccs2)C(=O)c2cccs2)cc1. The summed E-state index contributed by atoms with van der Waals surface area (Å²) in [7, 11) is 1.62. The smallest absolute Gasteiger partial charge is 0.265 e. The Kier molecular flexibility index (Phi) is 7.60. The van der Waals surface area contributed by atoms with Crippen LogP contribution in [0.3, 0.4) is 0 Å². The molecule has 0 saturated heterocycles. The number of ether oxygens (including phenoxy) is 1. The van der Waals surface area contributed by atoms with Gasteiger partial charge in [0.1, 0.15) is 11.8 Å². The quantitative estimate of drug-likeness (QED) is 0.465. The zero-order valence-corrected chi connectivity index (χ0v) is 19.8. The van der Waals surface area contributed by atoms with Crippen molar-refractivity contribution >= 4 is 34.5 Å². The number of nitrogens with zero attached hydrogens (tertiary/aromatic N) is 1. The highest BCUT2D eigenvalue weighted by atomic mass is 32.1. The fraction of sp³-hybridized carbons (Fsp3) is 0.360. The Morgan fingerprint density at radius 1 is 1.03 bits per heavy atom. The number of amides is 2. The van der Waals surface area contributed by atoms with Crippen molar-refractivity contribution in [1.82, 2.24) is 10.2 Å². The maximum Gasteiger partial charge on any atom is 0.265 e. The van der Waals surface area contributed by atoms with Gasteiger partial charge in [0.2, 0.25) is 5.91 Å². The molecule has 1 aliphatic carbocycles. The molecule has 0 radical (unpaired) electrons. The van der Waals surface area contributed by atoms with Gasteiger partial charge in [0.25, 0.3) is 5.91 Å². The topological polar surface area (TPSA) is 58.6 Å². The number of benzene rings is 1. The molecule has 1 saturated carbocycles. The van der Waals surface area contributed by atoms with Gasteiger partial charge in [-0.1, -0.05) is 43.5 Å². The van der Waals surface area contributed by atoms with Gasteiger partial charge in [0.05, 0.1) is 18.5 Å². The van der Waals surface area contributed by atoms with Gasteiger partial charge in [-0.25, -0.2) is 0 Å². The van der Waals surface area contributed by atoms with E-state index in [1.807, 2.05) is 59.3 Å². The van der Waals surface area contributed by atoms with E-state index in [0.717, 1.165) is 41.9 Å². The first-order valence-electron chi connectivity index (χ1n) is 11.0. The third-order valence-corrected chi connectivity index (χ3v) is 7.56. The minimum atomic E-state index is -0.723. The zero-order valence-electron chi connectivity index (χ0n) is 18.2.